The smallest absolute Gasteiger partial charge is 0.269 e. The Balaban J connectivity index is 1.44. The third-order valence-corrected chi connectivity index (χ3v) is 6.97. The molecule has 1 heterocycles. The van der Waals surface area contributed by atoms with Crippen molar-refractivity contribution in [3.63, 3.8) is 0 Å². The van der Waals surface area contributed by atoms with Crippen molar-refractivity contribution in [2.45, 2.75) is 45.1 Å². The van der Waals surface area contributed by atoms with Crippen molar-refractivity contribution >= 4 is 58.0 Å². The molecule has 0 saturated carbocycles. The van der Waals surface area contributed by atoms with Gasteiger partial charge in [0.15, 0.2) is 0 Å². The normalized spacial score (nSPS) is 14.8. The number of rotatable bonds is 12. The summed E-state index contributed by atoms with van der Waals surface area (Å²) in [6.45, 7) is 2.81. The number of hydrogen-bond donors (Lipinski definition) is 2. The average molecular weight is 579 g/mol. The molecule has 1 unspecified atom stereocenters. The van der Waals surface area contributed by atoms with Crippen molar-refractivity contribution in [1.82, 2.24) is 10.4 Å². The quantitative estimate of drug-likeness (QED) is 0.203. The molecule has 1 fully saturated rings. The van der Waals surface area contributed by atoms with E-state index in [1.165, 1.54) is 22.8 Å². The highest BCUT2D eigenvalue weighted by molar-refractivity contribution is 7.80. The molecule has 0 bridgehead atoms. The van der Waals surface area contributed by atoms with E-state index in [0.29, 0.717) is 28.6 Å². The van der Waals surface area contributed by atoms with Gasteiger partial charge in [0.2, 0.25) is 11.0 Å². The second-order valence-corrected chi connectivity index (χ2v) is 10.1. The summed E-state index contributed by atoms with van der Waals surface area (Å²) in [5.41, 5.74) is 4.13. The minimum atomic E-state index is -1.05. The Hall–Kier alpha value is -3.95. The van der Waals surface area contributed by atoms with E-state index in [1.807, 2.05) is 6.07 Å². The summed E-state index contributed by atoms with van der Waals surface area (Å²) in [6.07, 6.45) is 4.25. The average Bonchev–Trinajstić information content (AvgIpc) is 3.18. The van der Waals surface area contributed by atoms with Crippen molar-refractivity contribution in [1.29, 1.82) is 0 Å². The molecule has 40 heavy (non-hydrogen) atoms. The second kappa shape index (κ2) is 13.9. The van der Waals surface area contributed by atoms with Crippen LogP contribution in [0, 0.1) is 0 Å². The lowest BCUT2D eigenvalue weighted by atomic mass is 10.1. The van der Waals surface area contributed by atoms with Gasteiger partial charge in [0.05, 0.1) is 18.7 Å². The van der Waals surface area contributed by atoms with Gasteiger partial charge in [-0.25, -0.2) is 5.01 Å². The van der Waals surface area contributed by atoms with Gasteiger partial charge in [-0.05, 0) is 79.3 Å². The monoisotopic (exact) mass is 578 g/mol. The van der Waals surface area contributed by atoms with Crippen LogP contribution in [0.2, 0.25) is 5.02 Å². The zero-order valence-corrected chi connectivity index (χ0v) is 23.7. The van der Waals surface area contributed by atoms with Crippen LogP contribution in [-0.4, -0.2) is 40.5 Å². The number of nitrogens with zero attached hydrogens (tertiary/aromatic N) is 2. The fourth-order valence-corrected chi connectivity index (χ4v) is 4.72. The first-order chi connectivity index (χ1) is 19.4. The molecule has 1 aliphatic heterocycles. The van der Waals surface area contributed by atoms with Gasteiger partial charge in [0, 0.05) is 16.3 Å². The Bertz CT molecular complexity index is 1340. The fourth-order valence-electron chi connectivity index (χ4n) is 4.23. The molecule has 8 nitrogen and oxygen atoms in total. The minimum Gasteiger partial charge on any atom is -0.494 e. The number of nitrogens with one attached hydrogen (secondary N) is 2. The van der Waals surface area contributed by atoms with E-state index >= 15 is 0 Å². The zero-order valence-electron chi connectivity index (χ0n) is 22.1. The third kappa shape index (κ3) is 7.37. The SMILES string of the molecule is CCCCCCOc1ccc(NC(=O)CC2C(=O)N(c3ccccc3)C(=S)N2NC(=O)c2ccc(Cl)cc2)cc1. The summed E-state index contributed by atoms with van der Waals surface area (Å²) in [6, 6.07) is 21.2. The Morgan fingerprint density at radius 1 is 0.950 bits per heavy atom. The van der Waals surface area contributed by atoms with E-state index < -0.39 is 23.8 Å². The van der Waals surface area contributed by atoms with Crippen LogP contribution in [0.3, 0.4) is 0 Å². The summed E-state index contributed by atoms with van der Waals surface area (Å²) in [7, 11) is 0. The molecule has 4 rings (SSSR count). The summed E-state index contributed by atoms with van der Waals surface area (Å²) in [4.78, 5) is 40.9. The summed E-state index contributed by atoms with van der Waals surface area (Å²) < 4.78 is 5.76. The number of amides is 3. The lowest BCUT2D eigenvalue weighted by Gasteiger charge is -2.24. The molecule has 0 spiro atoms. The molecule has 2 N–H and O–H groups in total. The highest BCUT2D eigenvalue weighted by Gasteiger charge is 2.45. The Morgan fingerprint density at radius 3 is 2.33 bits per heavy atom. The van der Waals surface area contributed by atoms with E-state index in [4.69, 9.17) is 28.6 Å². The Morgan fingerprint density at radius 2 is 1.65 bits per heavy atom. The minimum absolute atomic E-state index is 0.0664. The van der Waals surface area contributed by atoms with Gasteiger partial charge in [-0.2, -0.15) is 0 Å². The lowest BCUT2D eigenvalue weighted by Crippen LogP contribution is -2.49. The van der Waals surface area contributed by atoms with Gasteiger partial charge >= 0.3 is 0 Å². The van der Waals surface area contributed by atoms with E-state index in [2.05, 4.69) is 17.7 Å². The van der Waals surface area contributed by atoms with Gasteiger partial charge in [-0.15, -0.1) is 0 Å². The highest BCUT2D eigenvalue weighted by atomic mass is 35.5. The first kappa shape index (κ1) is 29.0. The molecular weight excluding hydrogens is 548 g/mol. The van der Waals surface area contributed by atoms with Crippen LogP contribution in [0.4, 0.5) is 11.4 Å². The van der Waals surface area contributed by atoms with Crippen LogP contribution >= 0.6 is 23.8 Å². The Kier molecular flexibility index (Phi) is 10.1. The molecule has 3 amide bonds. The molecule has 1 aliphatic rings. The van der Waals surface area contributed by atoms with Crippen LogP contribution in [0.15, 0.2) is 78.9 Å². The maximum atomic E-state index is 13.5. The predicted molar refractivity (Wildman–Crippen MR) is 160 cm³/mol. The van der Waals surface area contributed by atoms with E-state index in [-0.39, 0.29) is 11.5 Å². The first-order valence-corrected chi connectivity index (χ1v) is 14.0. The largest absolute Gasteiger partial charge is 0.494 e. The van der Waals surface area contributed by atoms with E-state index in [9.17, 15) is 14.4 Å². The fraction of sp³-hybridized carbons (Fsp3) is 0.267. The predicted octanol–water partition coefficient (Wildman–Crippen LogP) is 5.98. The summed E-state index contributed by atoms with van der Waals surface area (Å²) in [5.74, 6) is -0.595. The van der Waals surface area contributed by atoms with Gasteiger partial charge in [-0.1, -0.05) is 56.0 Å². The summed E-state index contributed by atoms with van der Waals surface area (Å²) >= 11 is 11.5. The number of hydrazine groups is 1. The van der Waals surface area contributed by atoms with Crippen LogP contribution in [0.1, 0.15) is 49.4 Å². The van der Waals surface area contributed by atoms with Crippen LogP contribution in [-0.2, 0) is 9.59 Å². The molecule has 1 atom stereocenters. The van der Waals surface area contributed by atoms with Crippen molar-refractivity contribution in [3.8, 4) is 5.75 Å². The molecule has 10 heteroatoms. The van der Waals surface area contributed by atoms with Crippen molar-refractivity contribution in [3.05, 3.63) is 89.4 Å². The molecular formula is C30H31ClN4O4S. The Labute approximate surface area is 244 Å². The number of unbranched alkanes of at least 4 members (excludes halogenated alkanes) is 3. The first-order valence-electron chi connectivity index (χ1n) is 13.2. The zero-order chi connectivity index (χ0) is 28.5. The van der Waals surface area contributed by atoms with Gasteiger partial charge < -0.3 is 10.1 Å². The third-order valence-electron chi connectivity index (χ3n) is 6.34. The maximum Gasteiger partial charge on any atom is 0.269 e. The standard InChI is InChI=1S/C30H31ClN4O4S/c1-2-3-4-8-19-39-25-17-15-23(16-18-25)32-27(36)20-26-29(38)34(24-9-6-5-7-10-24)30(40)35(26)33-28(37)21-11-13-22(31)14-12-21/h5-7,9-18,26H,2-4,8,19-20H2,1H3,(H,32,36)(H,33,37). The van der Waals surface area contributed by atoms with Crippen LogP contribution in [0.5, 0.6) is 5.75 Å². The molecule has 0 radical (unpaired) electrons. The number of carbonyl (C=O) groups is 3. The van der Waals surface area contributed by atoms with E-state index in [1.54, 1.807) is 72.8 Å². The molecule has 0 aromatic heterocycles. The van der Waals surface area contributed by atoms with Crippen molar-refractivity contribution in [2.24, 2.45) is 0 Å². The number of ether oxygens (including phenoxy) is 1. The van der Waals surface area contributed by atoms with Crippen LogP contribution < -0.4 is 20.4 Å². The number of anilines is 2. The van der Waals surface area contributed by atoms with E-state index in [0.717, 1.165) is 18.6 Å². The van der Waals surface area contributed by atoms with Crippen LogP contribution in [0.25, 0.3) is 0 Å². The van der Waals surface area contributed by atoms with Gasteiger partial charge in [0.25, 0.3) is 11.8 Å². The lowest BCUT2D eigenvalue weighted by molar-refractivity contribution is -0.124. The second-order valence-electron chi connectivity index (χ2n) is 9.31. The number of hydrogen-bond acceptors (Lipinski definition) is 5. The molecule has 3 aromatic carbocycles. The number of carbonyl (C=O) groups excluding carboxylic acids is 3. The summed E-state index contributed by atoms with van der Waals surface area (Å²) in [5, 5.41) is 4.65. The molecule has 1 saturated heterocycles. The topological polar surface area (TPSA) is 91.0 Å². The van der Waals surface area contributed by atoms with Crippen molar-refractivity contribution in [2.75, 3.05) is 16.8 Å². The number of benzene rings is 3. The number of para-hydroxylation sites is 1. The maximum absolute atomic E-state index is 13.5. The highest BCUT2D eigenvalue weighted by Crippen LogP contribution is 2.26. The molecule has 208 valence electrons. The number of thiocarbonyl (C=S) groups is 1. The van der Waals surface area contributed by atoms with Crippen molar-refractivity contribution < 1.29 is 19.1 Å². The molecule has 0 aliphatic carbocycles. The molecule has 3 aromatic rings. The number of halogens is 1. The van der Waals surface area contributed by atoms with Gasteiger partial charge in [0.1, 0.15) is 11.8 Å². The van der Waals surface area contributed by atoms with Gasteiger partial charge in [-0.3, -0.25) is 24.7 Å².